The number of hydrogen-bond acceptors (Lipinski definition) is 3. The van der Waals surface area contributed by atoms with Crippen LogP contribution in [0.5, 0.6) is 0 Å². The van der Waals surface area contributed by atoms with Gasteiger partial charge in [-0.05, 0) is 57.0 Å². The number of amides is 1. The molecule has 0 spiro atoms. The molecule has 0 aliphatic rings. The largest absolute Gasteiger partial charge is 0.340 e. The zero-order valence-electron chi connectivity index (χ0n) is 18.4. The van der Waals surface area contributed by atoms with Gasteiger partial charge < -0.3 is 4.57 Å². The first-order chi connectivity index (χ1) is 15.0. The Labute approximate surface area is 182 Å². The van der Waals surface area contributed by atoms with E-state index < -0.39 is 0 Å². The van der Waals surface area contributed by atoms with Crippen molar-refractivity contribution in [1.82, 2.24) is 19.8 Å². The number of aromatic nitrogens is 3. The minimum Gasteiger partial charge on any atom is -0.340 e. The van der Waals surface area contributed by atoms with E-state index in [2.05, 4.69) is 58.3 Å². The number of rotatable bonds is 6. The zero-order valence-corrected chi connectivity index (χ0v) is 18.4. The average Bonchev–Trinajstić information content (AvgIpc) is 3.26. The normalized spacial score (nSPS) is 11.5. The smallest absolute Gasteiger partial charge is 0.271 e. The van der Waals surface area contributed by atoms with Crippen molar-refractivity contribution >= 4 is 23.0 Å². The van der Waals surface area contributed by atoms with E-state index in [0.29, 0.717) is 5.56 Å². The van der Waals surface area contributed by atoms with Gasteiger partial charge in [-0.2, -0.15) is 10.2 Å². The number of benzene rings is 2. The summed E-state index contributed by atoms with van der Waals surface area (Å²) in [7, 11) is 0. The Morgan fingerprint density at radius 2 is 1.87 bits per heavy atom. The molecule has 158 valence electrons. The summed E-state index contributed by atoms with van der Waals surface area (Å²) in [6.45, 7) is 9.86. The minimum absolute atomic E-state index is 0.230. The van der Waals surface area contributed by atoms with Gasteiger partial charge in [-0.15, -0.1) is 0 Å². The average molecular weight is 414 g/mol. The second-order valence-corrected chi connectivity index (χ2v) is 7.71. The van der Waals surface area contributed by atoms with Crippen LogP contribution in [0.25, 0.3) is 10.9 Å². The van der Waals surface area contributed by atoms with Crippen molar-refractivity contribution in [3.63, 3.8) is 0 Å². The van der Waals surface area contributed by atoms with Crippen LogP contribution >= 0.6 is 0 Å². The fourth-order valence-corrected chi connectivity index (χ4v) is 3.89. The summed E-state index contributed by atoms with van der Waals surface area (Å²) in [5, 5.41) is 9.50. The fourth-order valence-electron chi connectivity index (χ4n) is 3.89. The van der Waals surface area contributed by atoms with E-state index in [1.807, 2.05) is 42.8 Å². The summed E-state index contributed by atoms with van der Waals surface area (Å²) in [4.78, 5) is 12.7. The third kappa shape index (κ3) is 4.01. The van der Waals surface area contributed by atoms with Gasteiger partial charge in [-0.1, -0.05) is 30.3 Å². The molecule has 31 heavy (non-hydrogen) atoms. The Kier molecular flexibility index (Phi) is 5.71. The third-order valence-corrected chi connectivity index (χ3v) is 5.90. The lowest BCUT2D eigenvalue weighted by atomic mass is 10.1. The number of nitrogens with one attached hydrogen (secondary N) is 1. The van der Waals surface area contributed by atoms with Gasteiger partial charge >= 0.3 is 0 Å². The van der Waals surface area contributed by atoms with Crippen LogP contribution in [0.3, 0.4) is 0 Å². The molecule has 4 rings (SSSR count). The highest BCUT2D eigenvalue weighted by molar-refractivity contribution is 5.99. The molecule has 0 saturated carbocycles. The highest BCUT2D eigenvalue weighted by Crippen LogP contribution is 2.27. The number of aryl methyl sites for hydroxylation is 2. The third-order valence-electron chi connectivity index (χ3n) is 5.90. The molecule has 0 aliphatic carbocycles. The lowest BCUT2D eigenvalue weighted by Gasteiger charge is -2.09. The molecule has 1 amide bonds. The Morgan fingerprint density at radius 3 is 2.58 bits per heavy atom. The molecule has 0 unspecified atom stereocenters. The lowest BCUT2D eigenvalue weighted by Crippen LogP contribution is -2.17. The molecule has 0 radical (unpaired) electrons. The maximum Gasteiger partial charge on any atom is 0.271 e. The van der Waals surface area contributed by atoms with Crippen molar-refractivity contribution in [3.8, 4) is 0 Å². The van der Waals surface area contributed by atoms with Gasteiger partial charge in [0.1, 0.15) is 0 Å². The summed E-state index contributed by atoms with van der Waals surface area (Å²) >= 11 is 0. The Bertz CT molecular complexity index is 1260. The van der Waals surface area contributed by atoms with Crippen molar-refractivity contribution < 1.29 is 4.79 Å². The van der Waals surface area contributed by atoms with E-state index in [1.165, 1.54) is 16.8 Å². The standard InChI is InChI=1S/C25H27N5O/c1-5-30-19(4)22(15-27-30)14-26-28-25(31)21-11-12-24-23(13-21)17(2)18(3)29(24)16-20-9-7-6-8-10-20/h6-15H,5,16H2,1-4H3,(H,28,31). The summed E-state index contributed by atoms with van der Waals surface area (Å²) in [5.41, 5.74) is 9.90. The summed E-state index contributed by atoms with van der Waals surface area (Å²) in [6, 6.07) is 16.2. The van der Waals surface area contributed by atoms with Gasteiger partial charge in [0.2, 0.25) is 0 Å². The number of hydrogen-bond donors (Lipinski definition) is 1. The number of fused-ring (bicyclic) bond motifs is 1. The van der Waals surface area contributed by atoms with Crippen molar-refractivity contribution in [1.29, 1.82) is 0 Å². The van der Waals surface area contributed by atoms with Gasteiger partial charge in [0.25, 0.3) is 5.91 Å². The molecule has 1 N–H and O–H groups in total. The van der Waals surface area contributed by atoms with Crippen LogP contribution in [0.1, 0.15) is 45.4 Å². The van der Waals surface area contributed by atoms with E-state index in [9.17, 15) is 4.79 Å². The molecular weight excluding hydrogens is 386 g/mol. The predicted octanol–water partition coefficient (Wildman–Crippen LogP) is 4.60. The van der Waals surface area contributed by atoms with Crippen molar-refractivity contribution in [3.05, 3.63) is 88.4 Å². The molecule has 6 nitrogen and oxygen atoms in total. The van der Waals surface area contributed by atoms with E-state index in [-0.39, 0.29) is 5.91 Å². The fraction of sp³-hybridized carbons (Fsp3) is 0.240. The SMILES string of the molecule is CCn1ncc(C=NNC(=O)c2ccc3c(c2)c(C)c(C)n3Cc2ccccc2)c1C. The van der Waals surface area contributed by atoms with Gasteiger partial charge in [0.05, 0.1) is 12.4 Å². The molecule has 2 aromatic heterocycles. The molecule has 2 heterocycles. The van der Waals surface area contributed by atoms with Gasteiger partial charge in [-0.3, -0.25) is 9.48 Å². The van der Waals surface area contributed by atoms with Crippen molar-refractivity contribution in [2.24, 2.45) is 5.10 Å². The number of nitrogens with zero attached hydrogens (tertiary/aromatic N) is 4. The van der Waals surface area contributed by atoms with Crippen LogP contribution in [-0.4, -0.2) is 26.5 Å². The van der Waals surface area contributed by atoms with Gasteiger partial charge in [-0.25, -0.2) is 5.43 Å². The van der Waals surface area contributed by atoms with Gasteiger partial charge in [0.15, 0.2) is 0 Å². The maximum atomic E-state index is 12.7. The molecule has 4 aromatic rings. The van der Waals surface area contributed by atoms with Gasteiger partial charge in [0, 0.05) is 46.5 Å². The van der Waals surface area contributed by atoms with Crippen LogP contribution in [0.4, 0.5) is 0 Å². The Hall–Kier alpha value is -3.67. The molecule has 0 atom stereocenters. The van der Waals surface area contributed by atoms with E-state index >= 15 is 0 Å². The number of carbonyl (C=O) groups excluding carboxylic acids is 1. The molecule has 0 bridgehead atoms. The first-order valence-electron chi connectivity index (χ1n) is 10.5. The summed E-state index contributed by atoms with van der Waals surface area (Å²) in [5.74, 6) is -0.230. The van der Waals surface area contributed by atoms with Crippen LogP contribution in [0.2, 0.25) is 0 Å². The first-order valence-corrected chi connectivity index (χ1v) is 10.5. The lowest BCUT2D eigenvalue weighted by molar-refractivity contribution is 0.0955. The van der Waals surface area contributed by atoms with Crippen LogP contribution in [0.15, 0.2) is 59.8 Å². The first kappa shape index (κ1) is 20.6. The van der Waals surface area contributed by atoms with E-state index in [1.54, 1.807) is 12.4 Å². The molecule has 0 fully saturated rings. The van der Waals surface area contributed by atoms with Crippen LogP contribution in [-0.2, 0) is 13.1 Å². The Morgan fingerprint density at radius 1 is 1.10 bits per heavy atom. The quantitative estimate of drug-likeness (QED) is 0.371. The highest BCUT2D eigenvalue weighted by Gasteiger charge is 2.14. The summed E-state index contributed by atoms with van der Waals surface area (Å²) in [6.07, 6.45) is 3.39. The monoisotopic (exact) mass is 413 g/mol. The molecule has 0 saturated heterocycles. The molecule has 2 aromatic carbocycles. The zero-order chi connectivity index (χ0) is 22.0. The van der Waals surface area contributed by atoms with Crippen LogP contribution in [0, 0.1) is 20.8 Å². The van der Waals surface area contributed by atoms with E-state index in [4.69, 9.17) is 0 Å². The maximum absolute atomic E-state index is 12.7. The number of carbonyl (C=O) groups is 1. The van der Waals surface area contributed by atoms with Crippen LogP contribution < -0.4 is 5.43 Å². The molecular formula is C25H27N5O. The van der Waals surface area contributed by atoms with Crippen molar-refractivity contribution in [2.45, 2.75) is 40.8 Å². The second-order valence-electron chi connectivity index (χ2n) is 7.71. The topological polar surface area (TPSA) is 64.2 Å². The predicted molar refractivity (Wildman–Crippen MR) is 125 cm³/mol. The highest BCUT2D eigenvalue weighted by atomic mass is 16.2. The minimum atomic E-state index is -0.230. The molecule has 6 heteroatoms. The summed E-state index contributed by atoms with van der Waals surface area (Å²) < 4.78 is 4.19. The van der Waals surface area contributed by atoms with Crippen molar-refractivity contribution in [2.75, 3.05) is 0 Å². The number of hydrazone groups is 1. The molecule has 0 aliphatic heterocycles. The Balaban J connectivity index is 1.56. The second kappa shape index (κ2) is 8.60. The van der Waals surface area contributed by atoms with E-state index in [0.717, 1.165) is 35.2 Å².